The van der Waals surface area contributed by atoms with Gasteiger partial charge in [-0.3, -0.25) is 19.3 Å². The first-order chi connectivity index (χ1) is 15.9. The molecular formula is C24H28N6O3. The Hall–Kier alpha value is -3.85. The maximum absolute atomic E-state index is 13.2. The largest absolute Gasteiger partial charge is 0.363 e. The van der Waals surface area contributed by atoms with Crippen molar-refractivity contribution < 1.29 is 14.4 Å². The Morgan fingerprint density at radius 2 is 1.79 bits per heavy atom. The van der Waals surface area contributed by atoms with E-state index >= 15 is 0 Å². The quantitative estimate of drug-likeness (QED) is 0.433. The van der Waals surface area contributed by atoms with Gasteiger partial charge in [0.25, 0.3) is 11.8 Å². The van der Waals surface area contributed by atoms with Crippen LogP contribution in [-0.2, 0) is 16.1 Å². The summed E-state index contributed by atoms with van der Waals surface area (Å²) in [5, 5.41) is 7.43. The molecule has 2 heterocycles. The highest BCUT2D eigenvalue weighted by atomic mass is 16.2. The number of nitrogens with one attached hydrogen (secondary N) is 1. The number of ketones is 1. The van der Waals surface area contributed by atoms with Crippen molar-refractivity contribution in [3.05, 3.63) is 77.7 Å². The molecule has 172 valence electrons. The second-order valence-corrected chi connectivity index (χ2v) is 7.52. The highest BCUT2D eigenvalue weighted by Gasteiger charge is 2.23. The summed E-state index contributed by atoms with van der Waals surface area (Å²) in [6.45, 7) is 6.69. The molecule has 3 rings (SSSR count). The second-order valence-electron chi connectivity index (χ2n) is 7.52. The molecule has 0 aliphatic rings. The minimum absolute atomic E-state index is 0.240. The topological polar surface area (TPSA) is 123 Å². The van der Waals surface area contributed by atoms with Crippen molar-refractivity contribution in [2.45, 2.75) is 32.9 Å². The van der Waals surface area contributed by atoms with Crippen molar-refractivity contribution in [3.8, 4) is 5.82 Å². The van der Waals surface area contributed by atoms with Gasteiger partial charge in [-0.2, -0.15) is 5.10 Å². The molecule has 3 aromatic rings. The average Bonchev–Trinajstić information content (AvgIpc) is 3.30. The van der Waals surface area contributed by atoms with Crippen LogP contribution < -0.4 is 11.1 Å². The minimum Gasteiger partial charge on any atom is -0.363 e. The molecule has 0 aliphatic carbocycles. The first-order valence-electron chi connectivity index (χ1n) is 10.8. The number of amides is 2. The molecule has 33 heavy (non-hydrogen) atoms. The number of nitrogens with zero attached hydrogens (tertiary/aromatic N) is 4. The van der Waals surface area contributed by atoms with E-state index in [1.165, 1.54) is 0 Å². The van der Waals surface area contributed by atoms with Gasteiger partial charge in [-0.05, 0) is 36.9 Å². The van der Waals surface area contributed by atoms with E-state index in [1.54, 1.807) is 53.5 Å². The van der Waals surface area contributed by atoms with Crippen LogP contribution in [0.1, 0.15) is 47.9 Å². The summed E-state index contributed by atoms with van der Waals surface area (Å²) in [7, 11) is 0. The SMILES string of the molecule is CCN(CC)Cc1ccn(-c2ncccc2C(=O)NC(CC(=O)C(N)=O)c2ccccc2)n1. The number of carbonyl (C=O) groups is 3. The second kappa shape index (κ2) is 11.1. The fourth-order valence-electron chi connectivity index (χ4n) is 3.46. The number of nitrogens with two attached hydrogens (primary N) is 1. The summed E-state index contributed by atoms with van der Waals surface area (Å²) in [6, 6.07) is 13.4. The molecule has 3 N–H and O–H groups in total. The first-order valence-corrected chi connectivity index (χ1v) is 10.8. The summed E-state index contributed by atoms with van der Waals surface area (Å²) in [5.74, 6) is -1.87. The Labute approximate surface area is 192 Å². The van der Waals surface area contributed by atoms with Crippen molar-refractivity contribution >= 4 is 17.6 Å². The third-order valence-corrected chi connectivity index (χ3v) is 5.34. The van der Waals surface area contributed by atoms with Gasteiger partial charge in [0.2, 0.25) is 5.78 Å². The number of pyridine rings is 1. The molecule has 0 bridgehead atoms. The lowest BCUT2D eigenvalue weighted by Crippen LogP contribution is -2.34. The van der Waals surface area contributed by atoms with Gasteiger partial charge in [0.15, 0.2) is 5.82 Å². The van der Waals surface area contributed by atoms with E-state index in [-0.39, 0.29) is 6.42 Å². The Morgan fingerprint density at radius 1 is 1.06 bits per heavy atom. The zero-order chi connectivity index (χ0) is 23.8. The molecule has 1 atom stereocenters. The molecule has 2 aromatic heterocycles. The molecule has 2 amide bonds. The smallest absolute Gasteiger partial charge is 0.284 e. The van der Waals surface area contributed by atoms with Gasteiger partial charge in [-0.25, -0.2) is 9.67 Å². The number of hydrogen-bond donors (Lipinski definition) is 2. The van der Waals surface area contributed by atoms with Gasteiger partial charge in [-0.15, -0.1) is 0 Å². The third kappa shape index (κ3) is 6.11. The molecule has 0 aliphatic heterocycles. The van der Waals surface area contributed by atoms with Crippen LogP contribution in [0.3, 0.4) is 0 Å². The predicted octanol–water partition coefficient (Wildman–Crippen LogP) is 2.02. The van der Waals surface area contributed by atoms with Crippen molar-refractivity contribution in [1.29, 1.82) is 0 Å². The monoisotopic (exact) mass is 448 g/mol. The van der Waals surface area contributed by atoms with Crippen molar-refractivity contribution in [3.63, 3.8) is 0 Å². The Kier molecular flexibility index (Phi) is 8.04. The molecule has 0 saturated carbocycles. The number of rotatable bonds is 11. The molecule has 0 spiro atoms. The number of carbonyl (C=O) groups excluding carboxylic acids is 3. The maximum Gasteiger partial charge on any atom is 0.284 e. The number of benzene rings is 1. The van der Waals surface area contributed by atoms with E-state index in [0.717, 1.165) is 18.8 Å². The molecule has 1 aromatic carbocycles. The summed E-state index contributed by atoms with van der Waals surface area (Å²) in [4.78, 5) is 43.2. The van der Waals surface area contributed by atoms with Crippen LogP contribution >= 0.6 is 0 Å². The van der Waals surface area contributed by atoms with Gasteiger partial charge >= 0.3 is 0 Å². The van der Waals surface area contributed by atoms with Crippen LogP contribution in [0.25, 0.3) is 5.82 Å². The molecule has 0 radical (unpaired) electrons. The Balaban J connectivity index is 1.86. The highest BCUT2D eigenvalue weighted by Crippen LogP contribution is 2.19. The third-order valence-electron chi connectivity index (χ3n) is 5.34. The fraction of sp³-hybridized carbons (Fsp3) is 0.292. The van der Waals surface area contributed by atoms with Crippen LogP contribution in [0.5, 0.6) is 0 Å². The van der Waals surface area contributed by atoms with Crippen LogP contribution in [0.15, 0.2) is 60.9 Å². The van der Waals surface area contributed by atoms with Gasteiger partial charge in [-0.1, -0.05) is 44.2 Å². The minimum atomic E-state index is -1.04. The van der Waals surface area contributed by atoms with Crippen LogP contribution in [0, 0.1) is 0 Å². The van der Waals surface area contributed by atoms with E-state index in [2.05, 4.69) is 34.1 Å². The van der Waals surface area contributed by atoms with Gasteiger partial charge in [0.1, 0.15) is 0 Å². The number of primary amides is 1. The van der Waals surface area contributed by atoms with Crippen LogP contribution in [-0.4, -0.2) is 50.4 Å². The Bertz CT molecular complexity index is 1110. The fourth-order valence-corrected chi connectivity index (χ4v) is 3.46. The summed E-state index contributed by atoms with van der Waals surface area (Å²) in [5.41, 5.74) is 6.98. The van der Waals surface area contributed by atoms with Crippen molar-refractivity contribution in [2.24, 2.45) is 5.73 Å². The van der Waals surface area contributed by atoms with E-state index in [4.69, 9.17) is 5.73 Å². The first kappa shape index (κ1) is 23.8. The van der Waals surface area contributed by atoms with Gasteiger partial charge in [0.05, 0.1) is 17.3 Å². The Morgan fingerprint density at radius 3 is 2.45 bits per heavy atom. The van der Waals surface area contributed by atoms with Crippen LogP contribution in [0.2, 0.25) is 0 Å². The normalized spacial score (nSPS) is 11.8. The van der Waals surface area contributed by atoms with E-state index in [9.17, 15) is 14.4 Å². The zero-order valence-corrected chi connectivity index (χ0v) is 18.8. The predicted molar refractivity (Wildman–Crippen MR) is 123 cm³/mol. The molecule has 9 heteroatoms. The van der Waals surface area contributed by atoms with E-state index < -0.39 is 23.6 Å². The molecule has 0 saturated heterocycles. The number of aromatic nitrogens is 3. The van der Waals surface area contributed by atoms with Gasteiger partial charge in [0, 0.05) is 25.4 Å². The lowest BCUT2D eigenvalue weighted by atomic mass is 10.0. The van der Waals surface area contributed by atoms with Crippen molar-refractivity contribution in [1.82, 2.24) is 25.0 Å². The number of hydrogen-bond acceptors (Lipinski definition) is 6. The summed E-state index contributed by atoms with van der Waals surface area (Å²) in [6.07, 6.45) is 3.11. The zero-order valence-electron chi connectivity index (χ0n) is 18.8. The van der Waals surface area contributed by atoms with Crippen molar-refractivity contribution in [2.75, 3.05) is 13.1 Å². The van der Waals surface area contributed by atoms with Crippen LogP contribution in [0.4, 0.5) is 0 Å². The highest BCUT2D eigenvalue weighted by molar-refractivity contribution is 6.35. The number of Topliss-reactive ketones (excluding diaryl/α,β-unsaturated/α-hetero) is 1. The van der Waals surface area contributed by atoms with E-state index in [0.29, 0.717) is 23.5 Å². The lowest BCUT2D eigenvalue weighted by molar-refractivity contribution is -0.136. The standard InChI is InChI=1S/C24H28N6O3/c1-3-29(4-2)16-18-12-14-30(28-18)23-19(11-8-13-26-23)24(33)27-20(15-21(31)22(25)32)17-9-6-5-7-10-17/h5-14,20H,3-4,15-16H2,1-2H3,(H2,25,32)(H,27,33). The van der Waals surface area contributed by atoms with Gasteiger partial charge < -0.3 is 11.1 Å². The molecular weight excluding hydrogens is 420 g/mol. The maximum atomic E-state index is 13.2. The molecule has 1 unspecified atom stereocenters. The average molecular weight is 449 g/mol. The van der Waals surface area contributed by atoms with E-state index in [1.807, 2.05) is 12.1 Å². The molecule has 0 fully saturated rings. The summed E-state index contributed by atoms with van der Waals surface area (Å²) >= 11 is 0. The molecule has 9 nitrogen and oxygen atoms in total. The summed E-state index contributed by atoms with van der Waals surface area (Å²) < 4.78 is 1.57. The lowest BCUT2D eigenvalue weighted by Gasteiger charge is -2.19.